The first-order valence-electron chi connectivity index (χ1n) is 6.87. The quantitative estimate of drug-likeness (QED) is 0.689. The topological polar surface area (TPSA) is 43.6 Å². The van der Waals surface area contributed by atoms with E-state index in [1.54, 1.807) is 16.8 Å². The Labute approximate surface area is 132 Å². The Balaban J connectivity index is 1.81. The molecule has 0 N–H and O–H groups in total. The number of nitrogens with zero attached hydrogens (tertiary/aromatic N) is 4. The van der Waals surface area contributed by atoms with Crippen molar-refractivity contribution in [1.82, 2.24) is 20.2 Å². The number of thioether (sulfide) groups is 1. The summed E-state index contributed by atoms with van der Waals surface area (Å²) < 4.78 is 14.7. The summed E-state index contributed by atoms with van der Waals surface area (Å²) >= 11 is 1.52. The van der Waals surface area contributed by atoms with E-state index < -0.39 is 0 Å². The number of hydrogen-bond donors (Lipinski definition) is 0. The molecule has 2 aromatic carbocycles. The second kappa shape index (κ2) is 6.27. The molecular formula is C16H15FN4S. The summed E-state index contributed by atoms with van der Waals surface area (Å²) in [6.07, 6.45) is 0. The Morgan fingerprint density at radius 2 is 1.86 bits per heavy atom. The van der Waals surface area contributed by atoms with E-state index in [0.29, 0.717) is 5.75 Å². The molecule has 0 amide bonds. The summed E-state index contributed by atoms with van der Waals surface area (Å²) in [5.74, 6) is 0.458. The first-order chi connectivity index (χ1) is 10.6. The zero-order valence-corrected chi connectivity index (χ0v) is 13.1. The van der Waals surface area contributed by atoms with E-state index in [9.17, 15) is 4.39 Å². The van der Waals surface area contributed by atoms with Gasteiger partial charge >= 0.3 is 0 Å². The van der Waals surface area contributed by atoms with Crippen molar-refractivity contribution in [2.45, 2.75) is 24.8 Å². The molecule has 0 atom stereocenters. The second-order valence-electron chi connectivity index (χ2n) is 5.08. The summed E-state index contributed by atoms with van der Waals surface area (Å²) in [6.45, 7) is 4.10. The number of rotatable bonds is 4. The third kappa shape index (κ3) is 3.17. The number of aromatic nitrogens is 4. The molecule has 1 heterocycles. The Morgan fingerprint density at radius 1 is 1.09 bits per heavy atom. The Kier molecular flexibility index (Phi) is 4.20. The van der Waals surface area contributed by atoms with E-state index in [1.165, 1.54) is 29.5 Å². The highest BCUT2D eigenvalue weighted by molar-refractivity contribution is 7.98. The van der Waals surface area contributed by atoms with Crippen LogP contribution in [0.25, 0.3) is 5.69 Å². The SMILES string of the molecule is Cc1ccc(-n2nnnc2SCc2ccc(F)cc2)c(C)c1. The minimum Gasteiger partial charge on any atom is -0.207 e. The van der Waals surface area contributed by atoms with Gasteiger partial charge in [-0.2, -0.15) is 4.68 Å². The lowest BCUT2D eigenvalue weighted by molar-refractivity contribution is 0.627. The van der Waals surface area contributed by atoms with E-state index in [-0.39, 0.29) is 5.82 Å². The highest BCUT2D eigenvalue weighted by atomic mass is 32.2. The molecule has 0 saturated carbocycles. The molecule has 4 nitrogen and oxygen atoms in total. The average molecular weight is 314 g/mol. The zero-order valence-electron chi connectivity index (χ0n) is 12.3. The summed E-state index contributed by atoms with van der Waals surface area (Å²) in [6, 6.07) is 12.6. The van der Waals surface area contributed by atoms with Crippen LogP contribution in [-0.2, 0) is 5.75 Å². The van der Waals surface area contributed by atoms with Gasteiger partial charge in [0.2, 0.25) is 5.16 Å². The largest absolute Gasteiger partial charge is 0.214 e. The fourth-order valence-electron chi connectivity index (χ4n) is 2.19. The number of aryl methyl sites for hydroxylation is 2. The van der Waals surface area contributed by atoms with E-state index in [0.717, 1.165) is 22.0 Å². The molecule has 0 saturated heterocycles. The Bertz CT molecular complexity index is 783. The van der Waals surface area contributed by atoms with Crippen molar-refractivity contribution >= 4 is 11.8 Å². The molecule has 0 bridgehead atoms. The standard InChI is InChI=1S/C16H15FN4S/c1-11-3-8-15(12(2)9-11)21-16(18-19-20-21)22-10-13-4-6-14(17)7-5-13/h3-9H,10H2,1-2H3. The van der Waals surface area contributed by atoms with Gasteiger partial charge in [0.1, 0.15) is 5.82 Å². The fourth-order valence-corrected chi connectivity index (χ4v) is 3.03. The molecule has 1 aromatic heterocycles. The molecule has 112 valence electrons. The van der Waals surface area contributed by atoms with Crippen LogP contribution in [0.1, 0.15) is 16.7 Å². The van der Waals surface area contributed by atoms with Gasteiger partial charge in [-0.1, -0.05) is 41.6 Å². The van der Waals surface area contributed by atoms with Crippen molar-refractivity contribution in [1.29, 1.82) is 0 Å². The van der Waals surface area contributed by atoms with Gasteiger partial charge in [0.25, 0.3) is 0 Å². The molecule has 22 heavy (non-hydrogen) atoms. The summed E-state index contributed by atoms with van der Waals surface area (Å²) in [4.78, 5) is 0. The minimum atomic E-state index is -0.228. The van der Waals surface area contributed by atoms with Crippen LogP contribution < -0.4 is 0 Å². The molecule has 3 aromatic rings. The maximum atomic E-state index is 12.9. The summed E-state index contributed by atoms with van der Waals surface area (Å²) in [5, 5.41) is 12.6. The van der Waals surface area contributed by atoms with Crippen LogP contribution in [0.2, 0.25) is 0 Å². The molecular weight excluding hydrogens is 299 g/mol. The van der Waals surface area contributed by atoms with Crippen LogP contribution >= 0.6 is 11.8 Å². The number of halogens is 1. The van der Waals surface area contributed by atoms with E-state index in [4.69, 9.17) is 0 Å². The van der Waals surface area contributed by atoms with Crippen molar-refractivity contribution in [3.63, 3.8) is 0 Å². The van der Waals surface area contributed by atoms with Crippen LogP contribution in [0.15, 0.2) is 47.6 Å². The highest BCUT2D eigenvalue weighted by Crippen LogP contribution is 2.24. The van der Waals surface area contributed by atoms with Crippen molar-refractivity contribution in [2.24, 2.45) is 0 Å². The smallest absolute Gasteiger partial charge is 0.207 e. The van der Waals surface area contributed by atoms with Gasteiger partial charge in [0.15, 0.2) is 0 Å². The lowest BCUT2D eigenvalue weighted by Crippen LogP contribution is -2.01. The second-order valence-corrected chi connectivity index (χ2v) is 6.02. The molecule has 0 aliphatic carbocycles. The Morgan fingerprint density at radius 3 is 2.59 bits per heavy atom. The predicted molar refractivity (Wildman–Crippen MR) is 84.6 cm³/mol. The van der Waals surface area contributed by atoms with Crippen molar-refractivity contribution in [2.75, 3.05) is 0 Å². The number of benzene rings is 2. The molecule has 6 heteroatoms. The van der Waals surface area contributed by atoms with Gasteiger partial charge < -0.3 is 0 Å². The van der Waals surface area contributed by atoms with E-state index >= 15 is 0 Å². The van der Waals surface area contributed by atoms with Gasteiger partial charge in [-0.3, -0.25) is 0 Å². The van der Waals surface area contributed by atoms with Crippen LogP contribution in [-0.4, -0.2) is 20.2 Å². The normalized spacial score (nSPS) is 10.9. The van der Waals surface area contributed by atoms with Gasteiger partial charge in [-0.15, -0.1) is 5.10 Å². The van der Waals surface area contributed by atoms with Gasteiger partial charge in [0.05, 0.1) is 5.69 Å². The first kappa shape index (κ1) is 14.7. The third-order valence-corrected chi connectivity index (χ3v) is 4.29. The molecule has 0 unspecified atom stereocenters. The summed E-state index contributed by atoms with van der Waals surface area (Å²) in [7, 11) is 0. The van der Waals surface area contributed by atoms with Crippen molar-refractivity contribution < 1.29 is 4.39 Å². The van der Waals surface area contributed by atoms with Crippen LogP contribution in [0.4, 0.5) is 4.39 Å². The Hall–Kier alpha value is -2.21. The summed E-state index contributed by atoms with van der Waals surface area (Å²) in [5.41, 5.74) is 4.32. The van der Waals surface area contributed by atoms with Crippen molar-refractivity contribution in [3.8, 4) is 5.69 Å². The van der Waals surface area contributed by atoms with Gasteiger partial charge in [0, 0.05) is 5.75 Å². The highest BCUT2D eigenvalue weighted by Gasteiger charge is 2.11. The molecule has 0 fully saturated rings. The van der Waals surface area contributed by atoms with Crippen LogP contribution in [0, 0.1) is 19.7 Å². The van der Waals surface area contributed by atoms with E-state index in [2.05, 4.69) is 28.5 Å². The average Bonchev–Trinajstić information content (AvgIpc) is 2.95. The van der Waals surface area contributed by atoms with Crippen LogP contribution in [0.5, 0.6) is 0 Å². The van der Waals surface area contributed by atoms with Crippen molar-refractivity contribution in [3.05, 3.63) is 65.0 Å². The maximum absolute atomic E-state index is 12.9. The van der Waals surface area contributed by atoms with Gasteiger partial charge in [-0.05, 0) is 53.6 Å². The molecule has 0 radical (unpaired) electrons. The molecule has 0 aliphatic heterocycles. The van der Waals surface area contributed by atoms with Gasteiger partial charge in [-0.25, -0.2) is 4.39 Å². The van der Waals surface area contributed by atoms with E-state index in [1.807, 2.05) is 19.1 Å². The number of hydrogen-bond acceptors (Lipinski definition) is 4. The molecule has 0 spiro atoms. The first-order valence-corrected chi connectivity index (χ1v) is 7.85. The predicted octanol–water partition coefficient (Wildman–Crippen LogP) is 3.71. The molecule has 0 aliphatic rings. The van der Waals surface area contributed by atoms with Crippen LogP contribution in [0.3, 0.4) is 0 Å². The zero-order chi connectivity index (χ0) is 15.5. The molecule has 3 rings (SSSR count). The monoisotopic (exact) mass is 314 g/mol. The number of tetrazole rings is 1. The minimum absolute atomic E-state index is 0.228. The third-order valence-electron chi connectivity index (χ3n) is 3.30. The maximum Gasteiger partial charge on any atom is 0.214 e. The fraction of sp³-hybridized carbons (Fsp3) is 0.188. The lowest BCUT2D eigenvalue weighted by atomic mass is 10.1. The lowest BCUT2D eigenvalue weighted by Gasteiger charge is -2.08.